The van der Waals surface area contributed by atoms with Crippen molar-refractivity contribution in [2.45, 2.75) is 6.42 Å². The van der Waals surface area contributed by atoms with Gasteiger partial charge in [0.25, 0.3) is 0 Å². The van der Waals surface area contributed by atoms with E-state index in [1.165, 1.54) is 0 Å². The Labute approximate surface area is 99.9 Å². The normalized spacial score (nSPS) is 9.93. The maximum absolute atomic E-state index is 11.6. The Morgan fingerprint density at radius 2 is 2.21 bits per heavy atom. The molecule has 0 saturated heterocycles. The zero-order valence-corrected chi connectivity index (χ0v) is 10.9. The first-order valence-electron chi connectivity index (χ1n) is 4.11. The predicted octanol–water partition coefficient (Wildman–Crippen LogP) is 3.43. The van der Waals surface area contributed by atoms with Gasteiger partial charge >= 0.3 is 0 Å². The molecule has 0 aliphatic carbocycles. The van der Waals surface area contributed by atoms with E-state index in [1.54, 1.807) is 19.2 Å². The lowest BCUT2D eigenvalue weighted by Crippen LogP contribution is -2.02. The highest BCUT2D eigenvalue weighted by molar-refractivity contribution is 9.10. The average molecular weight is 322 g/mol. The number of benzene rings is 1. The number of ketones is 1. The molecular weight excluding hydrogens is 312 g/mol. The Hall–Kier alpha value is -0.350. The van der Waals surface area contributed by atoms with E-state index in [0.29, 0.717) is 23.1 Å². The maximum Gasteiger partial charge on any atom is 0.167 e. The number of carbonyl (C=O) groups is 1. The van der Waals surface area contributed by atoms with Gasteiger partial charge in [0, 0.05) is 16.2 Å². The SMILES string of the molecule is COc1ccc(Br)cc1C(=O)CCBr. The van der Waals surface area contributed by atoms with Gasteiger partial charge in [0.1, 0.15) is 5.75 Å². The van der Waals surface area contributed by atoms with Gasteiger partial charge in [-0.05, 0) is 18.2 Å². The predicted molar refractivity (Wildman–Crippen MR) is 63.4 cm³/mol. The molecule has 0 aliphatic rings. The fourth-order valence-electron chi connectivity index (χ4n) is 1.12. The van der Waals surface area contributed by atoms with E-state index >= 15 is 0 Å². The summed E-state index contributed by atoms with van der Waals surface area (Å²) in [6.45, 7) is 0. The van der Waals surface area contributed by atoms with Crippen LogP contribution < -0.4 is 4.74 Å². The molecule has 0 spiro atoms. The largest absolute Gasteiger partial charge is 0.496 e. The fraction of sp³-hybridized carbons (Fsp3) is 0.300. The lowest BCUT2D eigenvalue weighted by molar-refractivity contribution is 0.0987. The third-order valence-corrected chi connectivity index (χ3v) is 2.67. The van der Waals surface area contributed by atoms with Crippen LogP contribution >= 0.6 is 31.9 Å². The topological polar surface area (TPSA) is 26.3 Å². The summed E-state index contributed by atoms with van der Waals surface area (Å²) in [6.07, 6.45) is 0.479. The van der Waals surface area contributed by atoms with Crippen molar-refractivity contribution < 1.29 is 9.53 Å². The molecule has 76 valence electrons. The molecule has 0 fully saturated rings. The van der Waals surface area contributed by atoms with Crippen molar-refractivity contribution in [3.8, 4) is 5.75 Å². The van der Waals surface area contributed by atoms with E-state index in [2.05, 4.69) is 31.9 Å². The van der Waals surface area contributed by atoms with Gasteiger partial charge < -0.3 is 4.74 Å². The molecule has 0 bridgehead atoms. The molecule has 4 heteroatoms. The van der Waals surface area contributed by atoms with Crippen molar-refractivity contribution in [3.05, 3.63) is 28.2 Å². The Balaban J connectivity index is 3.03. The zero-order valence-electron chi connectivity index (χ0n) is 7.72. The van der Waals surface area contributed by atoms with Crippen LogP contribution in [0.15, 0.2) is 22.7 Å². The summed E-state index contributed by atoms with van der Waals surface area (Å²) < 4.78 is 6.00. The quantitative estimate of drug-likeness (QED) is 0.627. The minimum absolute atomic E-state index is 0.0834. The molecule has 0 heterocycles. The molecule has 1 aromatic carbocycles. The number of alkyl halides is 1. The third kappa shape index (κ3) is 2.82. The number of carbonyl (C=O) groups excluding carboxylic acids is 1. The lowest BCUT2D eigenvalue weighted by Gasteiger charge is -2.06. The molecule has 0 N–H and O–H groups in total. The van der Waals surface area contributed by atoms with Crippen LogP contribution in [0.5, 0.6) is 5.75 Å². The third-order valence-electron chi connectivity index (χ3n) is 1.78. The monoisotopic (exact) mass is 320 g/mol. The first-order valence-corrected chi connectivity index (χ1v) is 6.03. The van der Waals surface area contributed by atoms with Crippen molar-refractivity contribution in [1.29, 1.82) is 0 Å². The Morgan fingerprint density at radius 1 is 1.50 bits per heavy atom. The Kier molecular flexibility index (Phi) is 4.62. The molecule has 0 aliphatic heterocycles. The summed E-state index contributed by atoms with van der Waals surface area (Å²) in [7, 11) is 1.56. The molecule has 14 heavy (non-hydrogen) atoms. The summed E-state index contributed by atoms with van der Waals surface area (Å²) in [5.74, 6) is 0.708. The average Bonchev–Trinajstić information content (AvgIpc) is 2.18. The second kappa shape index (κ2) is 5.51. The number of rotatable bonds is 4. The number of ether oxygens (including phenoxy) is 1. The number of hydrogen-bond donors (Lipinski definition) is 0. The molecule has 0 radical (unpaired) electrons. The summed E-state index contributed by atoms with van der Waals surface area (Å²) in [4.78, 5) is 11.6. The smallest absolute Gasteiger partial charge is 0.167 e. The highest BCUT2D eigenvalue weighted by Gasteiger charge is 2.11. The number of halogens is 2. The maximum atomic E-state index is 11.6. The molecule has 0 unspecified atom stereocenters. The molecule has 1 aromatic rings. The van der Waals surface area contributed by atoms with Crippen molar-refractivity contribution in [1.82, 2.24) is 0 Å². The van der Waals surface area contributed by atoms with E-state index < -0.39 is 0 Å². The van der Waals surface area contributed by atoms with Crippen molar-refractivity contribution in [2.75, 3.05) is 12.4 Å². The standard InChI is InChI=1S/C10H10Br2O2/c1-14-10-3-2-7(12)6-8(10)9(13)4-5-11/h2-3,6H,4-5H2,1H3. The molecule has 0 saturated carbocycles. The fourth-order valence-corrected chi connectivity index (χ4v) is 1.84. The van der Waals surface area contributed by atoms with Crippen molar-refractivity contribution >= 4 is 37.6 Å². The van der Waals surface area contributed by atoms with Gasteiger partial charge in [0.15, 0.2) is 5.78 Å². The lowest BCUT2D eigenvalue weighted by atomic mass is 10.1. The molecule has 0 atom stereocenters. The summed E-state index contributed by atoms with van der Waals surface area (Å²) in [5, 5.41) is 0.668. The van der Waals surface area contributed by atoms with Crippen molar-refractivity contribution in [2.24, 2.45) is 0 Å². The van der Waals surface area contributed by atoms with Gasteiger partial charge in [0.2, 0.25) is 0 Å². The van der Waals surface area contributed by atoms with Gasteiger partial charge in [0.05, 0.1) is 12.7 Å². The number of methoxy groups -OCH3 is 1. The van der Waals surface area contributed by atoms with Crippen molar-refractivity contribution in [3.63, 3.8) is 0 Å². The van der Waals surface area contributed by atoms with Gasteiger partial charge in [-0.2, -0.15) is 0 Å². The highest BCUT2D eigenvalue weighted by Crippen LogP contribution is 2.24. The summed E-state index contributed by atoms with van der Waals surface area (Å²) >= 11 is 6.56. The number of Topliss-reactive ketones (excluding diaryl/α,β-unsaturated/α-hetero) is 1. The molecule has 2 nitrogen and oxygen atoms in total. The van der Waals surface area contributed by atoms with Gasteiger partial charge in [-0.3, -0.25) is 4.79 Å². The second-order valence-corrected chi connectivity index (χ2v) is 4.42. The first-order chi connectivity index (χ1) is 6.69. The van der Waals surface area contributed by atoms with E-state index in [1.807, 2.05) is 6.07 Å². The van der Waals surface area contributed by atoms with Crippen LogP contribution in [-0.2, 0) is 0 Å². The van der Waals surface area contributed by atoms with E-state index in [-0.39, 0.29) is 5.78 Å². The molecule has 0 amide bonds. The highest BCUT2D eigenvalue weighted by atomic mass is 79.9. The van der Waals surface area contributed by atoms with E-state index in [4.69, 9.17) is 4.74 Å². The van der Waals surface area contributed by atoms with Crippen LogP contribution in [-0.4, -0.2) is 18.2 Å². The molecular formula is C10H10Br2O2. The van der Waals surface area contributed by atoms with Crippen LogP contribution in [0, 0.1) is 0 Å². The van der Waals surface area contributed by atoms with Crippen LogP contribution in [0.2, 0.25) is 0 Å². The van der Waals surface area contributed by atoms with Crippen LogP contribution in [0.25, 0.3) is 0 Å². The van der Waals surface area contributed by atoms with Gasteiger partial charge in [-0.1, -0.05) is 31.9 Å². The van der Waals surface area contributed by atoms with Gasteiger partial charge in [-0.15, -0.1) is 0 Å². The Morgan fingerprint density at radius 3 is 2.79 bits per heavy atom. The van der Waals surface area contributed by atoms with Crippen LogP contribution in [0.3, 0.4) is 0 Å². The zero-order chi connectivity index (χ0) is 10.6. The van der Waals surface area contributed by atoms with E-state index in [9.17, 15) is 4.79 Å². The first kappa shape index (κ1) is 11.7. The summed E-state index contributed by atoms with van der Waals surface area (Å²) in [6, 6.07) is 5.42. The minimum atomic E-state index is 0.0834. The van der Waals surface area contributed by atoms with Crippen LogP contribution in [0.1, 0.15) is 16.8 Å². The summed E-state index contributed by atoms with van der Waals surface area (Å²) in [5.41, 5.74) is 0.626. The second-order valence-electron chi connectivity index (χ2n) is 2.71. The number of hydrogen-bond acceptors (Lipinski definition) is 2. The van der Waals surface area contributed by atoms with E-state index in [0.717, 1.165) is 4.47 Å². The van der Waals surface area contributed by atoms with Gasteiger partial charge in [-0.25, -0.2) is 0 Å². The molecule has 0 aromatic heterocycles. The van der Waals surface area contributed by atoms with Crippen LogP contribution in [0.4, 0.5) is 0 Å². The molecule has 1 rings (SSSR count). The Bertz CT molecular complexity index is 337. The minimum Gasteiger partial charge on any atom is -0.496 e.